The van der Waals surface area contributed by atoms with Gasteiger partial charge in [-0.25, -0.2) is 4.98 Å². The summed E-state index contributed by atoms with van der Waals surface area (Å²) in [5.41, 5.74) is 2.50. The summed E-state index contributed by atoms with van der Waals surface area (Å²) in [6.07, 6.45) is 2.11. The summed E-state index contributed by atoms with van der Waals surface area (Å²) in [6, 6.07) is 11.0. The zero-order valence-corrected chi connectivity index (χ0v) is 15.6. The van der Waals surface area contributed by atoms with Gasteiger partial charge in [-0.2, -0.15) is 0 Å². The van der Waals surface area contributed by atoms with Crippen LogP contribution in [0.1, 0.15) is 30.0 Å². The van der Waals surface area contributed by atoms with Crippen molar-refractivity contribution in [2.75, 3.05) is 6.54 Å². The Kier molecular flexibility index (Phi) is 5.26. The van der Waals surface area contributed by atoms with E-state index >= 15 is 0 Å². The second-order valence-electron chi connectivity index (χ2n) is 4.97. The van der Waals surface area contributed by atoms with Gasteiger partial charge in [0.05, 0.1) is 18.1 Å². The first-order valence-corrected chi connectivity index (χ1v) is 9.85. The molecule has 2 aromatic heterocycles. The van der Waals surface area contributed by atoms with Crippen molar-refractivity contribution in [1.82, 2.24) is 10.3 Å². The number of nitrogens with zero attached hydrogens (tertiary/aromatic N) is 1. The largest absolute Gasteiger partial charge is 0.310 e. The van der Waals surface area contributed by atoms with E-state index in [2.05, 4.69) is 70.5 Å². The monoisotopic (exact) mass is 428 g/mol. The molecule has 0 amide bonds. The van der Waals surface area contributed by atoms with E-state index in [9.17, 15) is 0 Å². The molecule has 1 unspecified atom stereocenters. The van der Waals surface area contributed by atoms with E-state index in [0.717, 1.165) is 24.9 Å². The Morgan fingerprint density at radius 2 is 2.19 bits per heavy atom. The third-order valence-electron chi connectivity index (χ3n) is 3.35. The van der Waals surface area contributed by atoms with Gasteiger partial charge in [-0.3, -0.25) is 0 Å². The summed E-state index contributed by atoms with van der Waals surface area (Å²) >= 11 is 6.01. The number of hydrogen-bond acceptors (Lipinski definition) is 4. The zero-order chi connectivity index (χ0) is 14.7. The fraction of sp³-hybridized carbons (Fsp3) is 0.312. The Balaban J connectivity index is 1.83. The highest BCUT2D eigenvalue weighted by atomic mass is 127. The van der Waals surface area contributed by atoms with Crippen molar-refractivity contribution in [2.45, 2.75) is 25.8 Å². The first kappa shape index (κ1) is 15.4. The van der Waals surface area contributed by atoms with E-state index in [1.807, 2.05) is 22.7 Å². The molecule has 1 atom stereocenters. The van der Waals surface area contributed by atoms with E-state index in [1.165, 1.54) is 18.2 Å². The fourth-order valence-corrected chi connectivity index (χ4v) is 4.75. The Labute approximate surface area is 146 Å². The molecular weight excluding hydrogens is 411 g/mol. The second-order valence-corrected chi connectivity index (χ2v) is 8.89. The second kappa shape index (κ2) is 7.17. The topological polar surface area (TPSA) is 24.9 Å². The van der Waals surface area contributed by atoms with Crippen LogP contribution in [-0.2, 0) is 6.42 Å². The number of benzene rings is 1. The normalized spacial score (nSPS) is 12.9. The van der Waals surface area contributed by atoms with Crippen LogP contribution in [0.3, 0.4) is 0 Å². The minimum Gasteiger partial charge on any atom is -0.310 e. The van der Waals surface area contributed by atoms with Crippen LogP contribution in [0.15, 0.2) is 35.7 Å². The number of nitrogens with one attached hydrogen (secondary N) is 1. The maximum atomic E-state index is 4.77. The van der Waals surface area contributed by atoms with Gasteiger partial charge in [0.2, 0.25) is 0 Å². The molecule has 0 aliphatic heterocycles. The lowest BCUT2D eigenvalue weighted by molar-refractivity contribution is 0.530. The summed E-state index contributed by atoms with van der Waals surface area (Å²) in [7, 11) is 0. The van der Waals surface area contributed by atoms with Crippen LogP contribution in [0.2, 0.25) is 0 Å². The Morgan fingerprint density at radius 1 is 1.33 bits per heavy atom. The Hall–Kier alpha value is -0.500. The predicted octanol–water partition coefficient (Wildman–Crippen LogP) is 5.25. The number of para-hydroxylation sites is 1. The van der Waals surface area contributed by atoms with Crippen molar-refractivity contribution in [1.29, 1.82) is 0 Å². The average Bonchev–Trinajstić information content (AvgIpc) is 3.08. The summed E-state index contributed by atoms with van der Waals surface area (Å²) in [6.45, 7) is 3.25. The highest BCUT2D eigenvalue weighted by molar-refractivity contribution is 14.1. The van der Waals surface area contributed by atoms with Gasteiger partial charge in [-0.1, -0.05) is 19.1 Å². The third kappa shape index (κ3) is 3.83. The van der Waals surface area contributed by atoms with Crippen LogP contribution in [0, 0.1) is 2.88 Å². The van der Waals surface area contributed by atoms with E-state index in [4.69, 9.17) is 4.98 Å². The number of hydrogen-bond donors (Lipinski definition) is 1. The SMILES string of the molecule is CCCNC(Cc1nc2ccccc2s1)c1csc(I)c1. The van der Waals surface area contributed by atoms with Crippen molar-refractivity contribution in [2.24, 2.45) is 0 Å². The molecule has 110 valence electrons. The van der Waals surface area contributed by atoms with Crippen LogP contribution in [0.4, 0.5) is 0 Å². The summed E-state index contributed by atoms with van der Waals surface area (Å²) in [5.74, 6) is 0. The number of fused-ring (bicyclic) bond motifs is 1. The molecule has 0 aliphatic carbocycles. The van der Waals surface area contributed by atoms with E-state index in [0.29, 0.717) is 6.04 Å². The first-order chi connectivity index (χ1) is 10.3. The minimum absolute atomic E-state index is 0.366. The fourth-order valence-electron chi connectivity index (χ4n) is 2.31. The van der Waals surface area contributed by atoms with Crippen LogP contribution >= 0.6 is 45.3 Å². The Bertz CT molecular complexity index is 687. The lowest BCUT2D eigenvalue weighted by Gasteiger charge is -2.16. The molecule has 0 saturated carbocycles. The molecule has 0 bridgehead atoms. The molecule has 5 heteroatoms. The Morgan fingerprint density at radius 3 is 2.90 bits per heavy atom. The van der Waals surface area contributed by atoms with Gasteiger partial charge >= 0.3 is 0 Å². The van der Waals surface area contributed by atoms with Crippen molar-refractivity contribution in [3.8, 4) is 0 Å². The summed E-state index contributed by atoms with van der Waals surface area (Å²) < 4.78 is 2.62. The highest BCUT2D eigenvalue weighted by Gasteiger charge is 2.15. The summed E-state index contributed by atoms with van der Waals surface area (Å²) in [5, 5.41) is 7.14. The number of thiophene rings is 1. The van der Waals surface area contributed by atoms with Crippen LogP contribution in [-0.4, -0.2) is 11.5 Å². The van der Waals surface area contributed by atoms with Gasteiger partial charge in [-0.15, -0.1) is 22.7 Å². The molecule has 0 fully saturated rings. The van der Waals surface area contributed by atoms with Crippen molar-refractivity contribution >= 4 is 55.5 Å². The quantitative estimate of drug-likeness (QED) is 0.543. The molecule has 1 N–H and O–H groups in total. The van der Waals surface area contributed by atoms with Gasteiger partial charge in [0, 0.05) is 12.5 Å². The molecule has 0 saturated heterocycles. The first-order valence-electron chi connectivity index (χ1n) is 7.08. The number of halogens is 1. The molecule has 1 aromatic carbocycles. The third-order valence-corrected chi connectivity index (χ3v) is 6.21. The van der Waals surface area contributed by atoms with Crippen LogP contribution < -0.4 is 5.32 Å². The molecular formula is C16H17IN2S2. The van der Waals surface area contributed by atoms with Gasteiger partial charge in [0.25, 0.3) is 0 Å². The van der Waals surface area contributed by atoms with E-state index < -0.39 is 0 Å². The lowest BCUT2D eigenvalue weighted by Crippen LogP contribution is -2.23. The van der Waals surface area contributed by atoms with Crippen molar-refractivity contribution in [3.05, 3.63) is 49.2 Å². The molecule has 2 heterocycles. The lowest BCUT2D eigenvalue weighted by atomic mass is 10.1. The van der Waals surface area contributed by atoms with Gasteiger partial charge < -0.3 is 5.32 Å². The van der Waals surface area contributed by atoms with Gasteiger partial charge in [0.15, 0.2) is 0 Å². The number of rotatable bonds is 6. The molecule has 3 aromatic rings. The standard InChI is InChI=1S/C16H17IN2S2/c1-2-7-18-13(11-8-15(17)20-10-11)9-16-19-12-5-3-4-6-14(12)21-16/h3-6,8,10,13,18H,2,7,9H2,1H3. The molecule has 0 radical (unpaired) electrons. The van der Waals surface area contributed by atoms with Gasteiger partial charge in [-0.05, 0) is 64.7 Å². The van der Waals surface area contributed by atoms with Gasteiger partial charge in [0.1, 0.15) is 0 Å². The maximum absolute atomic E-state index is 4.77. The molecule has 2 nitrogen and oxygen atoms in total. The number of aromatic nitrogens is 1. The molecule has 0 spiro atoms. The zero-order valence-electron chi connectivity index (χ0n) is 11.8. The maximum Gasteiger partial charge on any atom is 0.0957 e. The van der Waals surface area contributed by atoms with E-state index in [1.54, 1.807) is 0 Å². The summed E-state index contributed by atoms with van der Waals surface area (Å²) in [4.78, 5) is 4.77. The van der Waals surface area contributed by atoms with Crippen molar-refractivity contribution < 1.29 is 0 Å². The van der Waals surface area contributed by atoms with Crippen molar-refractivity contribution in [3.63, 3.8) is 0 Å². The highest BCUT2D eigenvalue weighted by Crippen LogP contribution is 2.28. The molecule has 3 rings (SSSR count). The minimum atomic E-state index is 0.366. The average molecular weight is 428 g/mol. The number of thiazole rings is 1. The predicted molar refractivity (Wildman–Crippen MR) is 101 cm³/mol. The van der Waals surface area contributed by atoms with E-state index in [-0.39, 0.29) is 0 Å². The molecule has 0 aliphatic rings. The van der Waals surface area contributed by atoms with Crippen LogP contribution in [0.5, 0.6) is 0 Å². The van der Waals surface area contributed by atoms with Crippen LogP contribution in [0.25, 0.3) is 10.2 Å². The smallest absolute Gasteiger partial charge is 0.0957 e. The molecule has 21 heavy (non-hydrogen) atoms.